The molecule has 4 rings (SSSR count). The molecule has 37 heavy (non-hydrogen) atoms. The maximum Gasteiger partial charge on any atom is 0.200 e. The second kappa shape index (κ2) is 15.0. The monoisotopic (exact) mass is 502 g/mol. The lowest BCUT2D eigenvalue weighted by Crippen LogP contribution is -2.23. The van der Waals surface area contributed by atoms with Crippen molar-refractivity contribution in [2.24, 2.45) is 0 Å². The van der Waals surface area contributed by atoms with Gasteiger partial charge < -0.3 is 9.15 Å². The van der Waals surface area contributed by atoms with E-state index in [0.29, 0.717) is 22.3 Å². The van der Waals surface area contributed by atoms with Crippen LogP contribution in [-0.4, -0.2) is 0 Å². The average molecular weight is 503 g/mol. The lowest BCUT2D eigenvalue weighted by Gasteiger charge is -2.27. The molecule has 1 aliphatic heterocycles. The minimum Gasteiger partial charge on any atom is -0.485 e. The molecule has 1 aromatic heterocycles. The SMILES string of the molecule is CCCCCCCCCCCCCCCCCCC1Oc2ccccc2-c2oc3ccccc3c(=O)c21. The normalized spacial score (nSPS) is 14.4. The third-order valence-electron chi connectivity index (χ3n) is 7.88. The molecule has 0 aliphatic carbocycles. The molecule has 3 nitrogen and oxygen atoms in total. The van der Waals surface area contributed by atoms with Crippen molar-refractivity contribution in [1.82, 2.24) is 0 Å². The highest BCUT2D eigenvalue weighted by Crippen LogP contribution is 2.43. The van der Waals surface area contributed by atoms with E-state index in [0.717, 1.165) is 24.2 Å². The summed E-state index contributed by atoms with van der Waals surface area (Å²) in [4.78, 5) is 13.4. The van der Waals surface area contributed by atoms with Crippen LogP contribution >= 0.6 is 0 Å². The fourth-order valence-electron chi connectivity index (χ4n) is 5.70. The molecule has 3 aromatic rings. The first-order chi connectivity index (χ1) is 18.3. The Balaban J connectivity index is 1.16. The Labute approximate surface area is 223 Å². The van der Waals surface area contributed by atoms with E-state index in [2.05, 4.69) is 6.92 Å². The van der Waals surface area contributed by atoms with E-state index < -0.39 is 0 Å². The predicted octanol–water partition coefficient (Wildman–Crippen LogP) is 10.5. The number of hydrogen-bond acceptors (Lipinski definition) is 3. The van der Waals surface area contributed by atoms with Crippen LogP contribution in [0.5, 0.6) is 5.75 Å². The summed E-state index contributed by atoms with van der Waals surface area (Å²) in [5, 5.41) is 0.640. The summed E-state index contributed by atoms with van der Waals surface area (Å²) in [7, 11) is 0. The molecule has 2 heterocycles. The van der Waals surface area contributed by atoms with Crippen LogP contribution in [0.15, 0.2) is 57.7 Å². The molecule has 0 saturated heterocycles. The van der Waals surface area contributed by atoms with E-state index in [9.17, 15) is 4.79 Å². The quantitative estimate of drug-likeness (QED) is 0.172. The van der Waals surface area contributed by atoms with E-state index in [1.165, 1.54) is 96.3 Å². The fourth-order valence-corrected chi connectivity index (χ4v) is 5.70. The summed E-state index contributed by atoms with van der Waals surface area (Å²) in [5.74, 6) is 1.50. The number of rotatable bonds is 17. The minimum atomic E-state index is -0.239. The highest BCUT2D eigenvalue weighted by atomic mass is 16.5. The Morgan fingerprint density at radius 2 is 1.19 bits per heavy atom. The summed E-state index contributed by atoms with van der Waals surface area (Å²) in [6.45, 7) is 2.29. The van der Waals surface area contributed by atoms with Crippen molar-refractivity contribution < 1.29 is 9.15 Å². The van der Waals surface area contributed by atoms with Crippen LogP contribution in [-0.2, 0) is 0 Å². The van der Waals surface area contributed by atoms with Gasteiger partial charge in [0.15, 0.2) is 5.43 Å². The van der Waals surface area contributed by atoms with Gasteiger partial charge in [0, 0.05) is 0 Å². The third-order valence-corrected chi connectivity index (χ3v) is 7.88. The first-order valence-electron chi connectivity index (χ1n) is 15.1. The topological polar surface area (TPSA) is 39.4 Å². The molecule has 200 valence electrons. The fraction of sp³-hybridized carbons (Fsp3) is 0.559. The zero-order valence-corrected chi connectivity index (χ0v) is 22.9. The minimum absolute atomic E-state index is 0.0489. The zero-order chi connectivity index (χ0) is 25.7. The van der Waals surface area contributed by atoms with Gasteiger partial charge in [-0.3, -0.25) is 4.79 Å². The van der Waals surface area contributed by atoms with Gasteiger partial charge in [-0.15, -0.1) is 0 Å². The van der Waals surface area contributed by atoms with Crippen LogP contribution in [0, 0.1) is 0 Å². The van der Waals surface area contributed by atoms with Crippen LogP contribution in [0.2, 0.25) is 0 Å². The Hall–Kier alpha value is -2.55. The van der Waals surface area contributed by atoms with Gasteiger partial charge >= 0.3 is 0 Å². The summed E-state index contributed by atoms with van der Waals surface area (Å²) in [6.07, 6.45) is 22.3. The molecule has 0 radical (unpaired) electrons. The number of hydrogen-bond donors (Lipinski definition) is 0. The molecule has 1 aliphatic rings. The largest absolute Gasteiger partial charge is 0.485 e. The zero-order valence-electron chi connectivity index (χ0n) is 22.9. The van der Waals surface area contributed by atoms with Crippen LogP contribution in [0.3, 0.4) is 0 Å². The van der Waals surface area contributed by atoms with Crippen molar-refractivity contribution in [3.63, 3.8) is 0 Å². The van der Waals surface area contributed by atoms with Crippen molar-refractivity contribution in [2.45, 2.75) is 122 Å². The second-order valence-electron chi connectivity index (χ2n) is 10.9. The first-order valence-corrected chi connectivity index (χ1v) is 15.1. The standard InChI is InChI=1S/C34H46O3/c1-2-3-4-5-6-7-8-9-10-11-12-13-14-15-16-17-26-31-32-33(35)27-22-18-20-24-29(27)37-34(32)28-23-19-21-25-30(28)36-31/h18-25,31H,2-17,26H2,1H3. The first kappa shape index (κ1) is 27.5. The van der Waals surface area contributed by atoms with Crippen molar-refractivity contribution in [3.8, 4) is 17.1 Å². The van der Waals surface area contributed by atoms with Gasteiger partial charge in [-0.2, -0.15) is 0 Å². The van der Waals surface area contributed by atoms with Crippen molar-refractivity contribution in [2.75, 3.05) is 0 Å². The molecular formula is C34H46O3. The molecule has 1 atom stereocenters. The molecule has 0 saturated carbocycles. The van der Waals surface area contributed by atoms with Crippen molar-refractivity contribution in [3.05, 3.63) is 64.3 Å². The molecule has 0 spiro atoms. The van der Waals surface area contributed by atoms with E-state index >= 15 is 0 Å². The van der Waals surface area contributed by atoms with E-state index in [-0.39, 0.29) is 11.5 Å². The maximum atomic E-state index is 13.4. The van der Waals surface area contributed by atoms with E-state index in [1.54, 1.807) is 0 Å². The Bertz CT molecular complexity index is 1150. The van der Waals surface area contributed by atoms with Gasteiger partial charge in [0.1, 0.15) is 23.2 Å². The molecule has 3 heteroatoms. The summed E-state index contributed by atoms with van der Waals surface area (Å²) >= 11 is 0. The Morgan fingerprint density at radius 1 is 0.649 bits per heavy atom. The van der Waals surface area contributed by atoms with Crippen LogP contribution in [0.25, 0.3) is 22.3 Å². The number of ether oxygens (including phenoxy) is 1. The Morgan fingerprint density at radius 3 is 1.84 bits per heavy atom. The Kier molecular flexibility index (Phi) is 11.1. The van der Waals surface area contributed by atoms with Gasteiger partial charge in [-0.25, -0.2) is 0 Å². The third kappa shape index (κ3) is 7.72. The number of fused-ring (bicyclic) bond motifs is 4. The molecule has 1 unspecified atom stereocenters. The molecule has 0 fully saturated rings. The summed E-state index contributed by atoms with van der Waals surface area (Å²) < 4.78 is 12.6. The van der Waals surface area contributed by atoms with Crippen molar-refractivity contribution >= 4 is 11.0 Å². The smallest absolute Gasteiger partial charge is 0.200 e. The van der Waals surface area contributed by atoms with E-state index in [1.807, 2.05) is 48.5 Å². The lowest BCUT2D eigenvalue weighted by molar-refractivity contribution is 0.182. The van der Waals surface area contributed by atoms with Gasteiger partial charge in [0.05, 0.1) is 16.5 Å². The lowest BCUT2D eigenvalue weighted by atomic mass is 9.93. The summed E-state index contributed by atoms with van der Waals surface area (Å²) in [5.41, 5.74) is 2.26. The second-order valence-corrected chi connectivity index (χ2v) is 10.9. The van der Waals surface area contributed by atoms with E-state index in [4.69, 9.17) is 9.15 Å². The molecular weight excluding hydrogens is 456 g/mol. The highest BCUT2D eigenvalue weighted by molar-refractivity contribution is 5.82. The molecule has 2 aromatic carbocycles. The van der Waals surface area contributed by atoms with Gasteiger partial charge in [-0.1, -0.05) is 128 Å². The predicted molar refractivity (Wildman–Crippen MR) is 155 cm³/mol. The van der Waals surface area contributed by atoms with Crippen LogP contribution in [0.1, 0.15) is 128 Å². The van der Waals surface area contributed by atoms with Crippen molar-refractivity contribution in [1.29, 1.82) is 0 Å². The highest BCUT2D eigenvalue weighted by Gasteiger charge is 2.31. The van der Waals surface area contributed by atoms with Gasteiger partial charge in [0.2, 0.25) is 0 Å². The maximum absolute atomic E-state index is 13.4. The molecule has 0 amide bonds. The number of para-hydroxylation sites is 2. The number of benzene rings is 2. The number of unbranched alkanes of at least 4 members (excludes halogenated alkanes) is 15. The van der Waals surface area contributed by atoms with Gasteiger partial charge in [0.25, 0.3) is 0 Å². The molecule has 0 bridgehead atoms. The van der Waals surface area contributed by atoms with Crippen LogP contribution in [0.4, 0.5) is 0 Å². The molecule has 0 N–H and O–H groups in total. The van der Waals surface area contributed by atoms with Crippen LogP contribution < -0.4 is 10.2 Å². The average Bonchev–Trinajstić information content (AvgIpc) is 2.93. The van der Waals surface area contributed by atoms with Gasteiger partial charge in [-0.05, 0) is 37.1 Å². The summed E-state index contributed by atoms with van der Waals surface area (Å²) in [6, 6.07) is 15.5.